The van der Waals surface area contributed by atoms with Crippen LogP contribution < -0.4 is 0 Å². The average molecular weight is 246 g/mol. The highest BCUT2D eigenvalue weighted by Crippen LogP contribution is 2.17. The highest BCUT2D eigenvalue weighted by molar-refractivity contribution is 5.84. The van der Waals surface area contributed by atoms with E-state index >= 15 is 0 Å². The molecule has 5 heteroatoms. The predicted molar refractivity (Wildman–Crippen MR) is 65.1 cm³/mol. The first-order chi connectivity index (χ1) is 8.74. The summed E-state index contributed by atoms with van der Waals surface area (Å²) < 4.78 is 9.63. The summed E-state index contributed by atoms with van der Waals surface area (Å²) in [4.78, 5) is 15.4. The van der Waals surface area contributed by atoms with Crippen molar-refractivity contribution in [2.45, 2.75) is 20.3 Å². The first-order valence-electron chi connectivity index (χ1n) is 5.84. The highest BCUT2D eigenvalue weighted by atomic mass is 16.6. The molecule has 1 aromatic carbocycles. The maximum absolute atomic E-state index is 11.4. The molecule has 1 aromatic heterocycles. The van der Waals surface area contributed by atoms with Crippen LogP contribution in [0.5, 0.6) is 0 Å². The topological polar surface area (TPSA) is 65.2 Å². The van der Waals surface area contributed by atoms with E-state index in [9.17, 15) is 4.79 Å². The minimum absolute atomic E-state index is 0.119. The summed E-state index contributed by atoms with van der Waals surface area (Å²) in [7, 11) is 0. The van der Waals surface area contributed by atoms with E-state index in [2.05, 4.69) is 17.1 Å². The molecule has 1 heterocycles. The molecule has 0 aliphatic heterocycles. The van der Waals surface area contributed by atoms with Crippen molar-refractivity contribution in [1.29, 1.82) is 0 Å². The van der Waals surface area contributed by atoms with E-state index in [1.54, 1.807) is 6.92 Å². The molecule has 0 aliphatic carbocycles. The van der Waals surface area contributed by atoms with Crippen LogP contribution in [0, 0.1) is 0 Å². The lowest BCUT2D eigenvalue weighted by Gasteiger charge is -1.97. The first kappa shape index (κ1) is 12.3. The number of hydrogen-bond acceptors (Lipinski definition) is 5. The van der Waals surface area contributed by atoms with E-state index in [0.717, 1.165) is 12.0 Å². The van der Waals surface area contributed by atoms with Crippen LogP contribution in [0.15, 0.2) is 28.8 Å². The highest BCUT2D eigenvalue weighted by Gasteiger charge is 2.16. The zero-order valence-corrected chi connectivity index (χ0v) is 10.3. The van der Waals surface area contributed by atoms with Crippen LogP contribution in [0.1, 0.15) is 30.1 Å². The molecule has 0 unspecified atom stereocenters. The summed E-state index contributed by atoms with van der Waals surface area (Å²) in [5, 5.41) is 3.76. The lowest BCUT2D eigenvalue weighted by atomic mass is 10.1. The van der Waals surface area contributed by atoms with E-state index in [-0.39, 0.29) is 12.5 Å². The fraction of sp³-hybridized carbons (Fsp3) is 0.308. The van der Waals surface area contributed by atoms with Crippen LogP contribution in [0.4, 0.5) is 0 Å². The molecule has 18 heavy (non-hydrogen) atoms. The standard InChI is InChI=1S/C13H14N2O3/c1-3-9-5-7-10(8-6-9)11-14-12(18-15-11)13(16)17-4-2/h5-8H,3-4H2,1-2H3. The van der Waals surface area contributed by atoms with Gasteiger partial charge in [0.05, 0.1) is 6.61 Å². The van der Waals surface area contributed by atoms with Gasteiger partial charge in [-0.1, -0.05) is 36.3 Å². The molecule has 0 spiro atoms. The second kappa shape index (κ2) is 5.44. The molecule has 0 fully saturated rings. The van der Waals surface area contributed by atoms with Crippen LogP contribution in [0.25, 0.3) is 11.4 Å². The Morgan fingerprint density at radius 2 is 2.00 bits per heavy atom. The summed E-state index contributed by atoms with van der Waals surface area (Å²) >= 11 is 0. The van der Waals surface area contributed by atoms with Crippen LogP contribution >= 0.6 is 0 Å². The number of hydrogen-bond donors (Lipinski definition) is 0. The third-order valence-corrected chi connectivity index (χ3v) is 2.50. The Morgan fingerprint density at radius 3 is 2.61 bits per heavy atom. The summed E-state index contributed by atoms with van der Waals surface area (Å²) in [5.41, 5.74) is 2.04. The molecule has 0 saturated carbocycles. The summed E-state index contributed by atoms with van der Waals surface area (Å²) in [6.07, 6.45) is 0.973. The number of ether oxygens (including phenoxy) is 1. The van der Waals surface area contributed by atoms with Gasteiger partial charge >= 0.3 is 11.9 Å². The Hall–Kier alpha value is -2.17. The predicted octanol–water partition coefficient (Wildman–Crippen LogP) is 2.48. The molecule has 94 valence electrons. The summed E-state index contributed by atoms with van der Waals surface area (Å²) in [6.45, 7) is 4.09. The van der Waals surface area contributed by atoms with Gasteiger partial charge in [-0.15, -0.1) is 0 Å². The third-order valence-electron chi connectivity index (χ3n) is 2.50. The number of nitrogens with zero attached hydrogens (tertiary/aromatic N) is 2. The van der Waals surface area contributed by atoms with Crippen molar-refractivity contribution in [3.8, 4) is 11.4 Å². The van der Waals surface area contributed by atoms with Crippen LogP contribution in [-0.2, 0) is 11.2 Å². The van der Waals surface area contributed by atoms with Gasteiger partial charge in [0, 0.05) is 5.56 Å². The van der Waals surface area contributed by atoms with Crippen LogP contribution in [-0.4, -0.2) is 22.7 Å². The van der Waals surface area contributed by atoms with Crippen molar-refractivity contribution in [3.05, 3.63) is 35.7 Å². The lowest BCUT2D eigenvalue weighted by molar-refractivity contribution is 0.0470. The van der Waals surface area contributed by atoms with Gasteiger partial charge in [-0.2, -0.15) is 4.98 Å². The van der Waals surface area contributed by atoms with E-state index in [0.29, 0.717) is 5.82 Å². The monoisotopic (exact) mass is 246 g/mol. The Bertz CT molecular complexity index is 531. The van der Waals surface area contributed by atoms with Gasteiger partial charge in [0.2, 0.25) is 5.82 Å². The third kappa shape index (κ3) is 2.56. The lowest BCUT2D eigenvalue weighted by Crippen LogP contribution is -2.04. The Morgan fingerprint density at radius 1 is 1.28 bits per heavy atom. The number of aryl methyl sites for hydroxylation is 1. The number of benzene rings is 1. The van der Waals surface area contributed by atoms with Gasteiger partial charge in [-0.05, 0) is 18.9 Å². The van der Waals surface area contributed by atoms with Crippen LogP contribution in [0.3, 0.4) is 0 Å². The summed E-state index contributed by atoms with van der Waals surface area (Å²) in [5.74, 6) is -0.325. The number of carbonyl (C=O) groups is 1. The molecule has 0 aliphatic rings. The SMILES string of the molecule is CCOC(=O)c1nc(-c2ccc(CC)cc2)no1. The molecule has 2 aromatic rings. The van der Waals surface area contributed by atoms with Crippen molar-refractivity contribution in [3.63, 3.8) is 0 Å². The molecule has 0 bridgehead atoms. The first-order valence-corrected chi connectivity index (χ1v) is 5.84. The smallest absolute Gasteiger partial charge is 0.397 e. The Balaban J connectivity index is 2.20. The number of esters is 1. The Kier molecular flexibility index (Phi) is 3.72. The Labute approximate surface area is 105 Å². The molecule has 0 N–H and O–H groups in total. The second-order valence-electron chi connectivity index (χ2n) is 3.69. The maximum Gasteiger partial charge on any atom is 0.397 e. The minimum atomic E-state index is -0.596. The zero-order valence-electron chi connectivity index (χ0n) is 10.3. The quantitative estimate of drug-likeness (QED) is 0.775. The van der Waals surface area contributed by atoms with E-state index in [4.69, 9.17) is 9.26 Å². The molecular weight excluding hydrogens is 232 g/mol. The molecule has 2 rings (SSSR count). The zero-order chi connectivity index (χ0) is 13.0. The molecule has 0 saturated heterocycles. The molecule has 5 nitrogen and oxygen atoms in total. The van der Waals surface area contributed by atoms with Gasteiger partial charge in [-0.3, -0.25) is 0 Å². The van der Waals surface area contributed by atoms with Crippen LogP contribution in [0.2, 0.25) is 0 Å². The van der Waals surface area contributed by atoms with Gasteiger partial charge in [0.15, 0.2) is 0 Å². The molecule has 0 atom stereocenters. The van der Waals surface area contributed by atoms with Crippen molar-refractivity contribution in [2.24, 2.45) is 0 Å². The fourth-order valence-corrected chi connectivity index (χ4v) is 1.51. The van der Waals surface area contributed by atoms with Gasteiger partial charge < -0.3 is 9.26 Å². The van der Waals surface area contributed by atoms with Gasteiger partial charge in [-0.25, -0.2) is 4.79 Å². The van der Waals surface area contributed by atoms with Crippen molar-refractivity contribution in [1.82, 2.24) is 10.1 Å². The minimum Gasteiger partial charge on any atom is -0.459 e. The summed E-state index contributed by atoms with van der Waals surface area (Å²) in [6, 6.07) is 7.79. The van der Waals surface area contributed by atoms with Crippen molar-refractivity contribution < 1.29 is 14.1 Å². The number of aromatic nitrogens is 2. The number of rotatable bonds is 4. The van der Waals surface area contributed by atoms with Crippen molar-refractivity contribution >= 4 is 5.97 Å². The van der Waals surface area contributed by atoms with Gasteiger partial charge in [0.1, 0.15) is 0 Å². The fourth-order valence-electron chi connectivity index (χ4n) is 1.51. The molecular formula is C13H14N2O3. The van der Waals surface area contributed by atoms with Gasteiger partial charge in [0.25, 0.3) is 0 Å². The van der Waals surface area contributed by atoms with E-state index in [1.165, 1.54) is 5.56 Å². The molecule has 0 radical (unpaired) electrons. The van der Waals surface area contributed by atoms with Crippen molar-refractivity contribution in [2.75, 3.05) is 6.61 Å². The van der Waals surface area contributed by atoms with E-state index in [1.807, 2.05) is 24.3 Å². The maximum atomic E-state index is 11.4. The number of carbonyl (C=O) groups excluding carboxylic acids is 1. The average Bonchev–Trinajstić information content (AvgIpc) is 2.89. The molecule has 0 amide bonds. The largest absolute Gasteiger partial charge is 0.459 e. The normalized spacial score (nSPS) is 10.3. The second-order valence-corrected chi connectivity index (χ2v) is 3.69. The van der Waals surface area contributed by atoms with E-state index < -0.39 is 5.97 Å².